The average Bonchev–Trinajstić information content (AvgIpc) is 2.18. The molecule has 0 aliphatic heterocycles. The average molecular weight is 208 g/mol. The third kappa shape index (κ3) is 3.59. The van der Waals surface area contributed by atoms with Gasteiger partial charge < -0.3 is 15.7 Å². The molecule has 1 amide bonds. The lowest BCUT2D eigenvalue weighted by Gasteiger charge is -2.09. The Hall–Kier alpha value is -1.55. The summed E-state index contributed by atoms with van der Waals surface area (Å²) in [6, 6.07) is 6.96. The fourth-order valence-electron chi connectivity index (χ4n) is 1.22. The van der Waals surface area contributed by atoms with Crippen molar-refractivity contribution in [2.75, 3.05) is 11.9 Å². The highest BCUT2D eigenvalue weighted by atomic mass is 16.3. The Labute approximate surface area is 89.3 Å². The monoisotopic (exact) mass is 208 g/mol. The van der Waals surface area contributed by atoms with Crippen LogP contribution in [0.3, 0.4) is 0 Å². The molecule has 4 heteroatoms. The van der Waals surface area contributed by atoms with Gasteiger partial charge in [-0.2, -0.15) is 0 Å². The van der Waals surface area contributed by atoms with E-state index in [1.54, 1.807) is 31.2 Å². The van der Waals surface area contributed by atoms with E-state index in [1.807, 2.05) is 6.92 Å². The predicted octanol–water partition coefficient (Wildman–Crippen LogP) is 1.19. The van der Waals surface area contributed by atoms with Crippen LogP contribution in [-0.2, 0) is 0 Å². The molecule has 0 bridgehead atoms. The summed E-state index contributed by atoms with van der Waals surface area (Å²) in [5, 5.41) is 14.6. The van der Waals surface area contributed by atoms with Crippen LogP contribution in [0.1, 0.15) is 24.2 Å². The number of amides is 1. The summed E-state index contributed by atoms with van der Waals surface area (Å²) in [4.78, 5) is 11.4. The molecule has 0 spiro atoms. The molecule has 0 radical (unpaired) electrons. The number of hydrogen-bond donors (Lipinski definition) is 3. The van der Waals surface area contributed by atoms with Crippen LogP contribution in [0.4, 0.5) is 5.69 Å². The highest BCUT2D eigenvalue weighted by Crippen LogP contribution is 2.10. The molecule has 1 aromatic rings. The lowest BCUT2D eigenvalue weighted by molar-refractivity contribution is 0.0956. The number of anilines is 1. The fraction of sp³-hybridized carbons (Fsp3) is 0.364. The predicted molar refractivity (Wildman–Crippen MR) is 59.8 cm³/mol. The molecule has 0 saturated carbocycles. The highest BCUT2D eigenvalue weighted by molar-refractivity contribution is 5.94. The van der Waals surface area contributed by atoms with Crippen LogP contribution in [0.2, 0.25) is 0 Å². The molecular weight excluding hydrogens is 192 g/mol. The van der Waals surface area contributed by atoms with Crippen molar-refractivity contribution in [1.82, 2.24) is 5.32 Å². The standard InChI is InChI=1S/C11H16N2O2/c1-3-12-11(15)9-4-6-10(7-5-9)13-8(2)14/h4-8,13-14H,3H2,1-2H3,(H,12,15). The molecule has 0 aromatic heterocycles. The summed E-state index contributed by atoms with van der Waals surface area (Å²) in [7, 11) is 0. The van der Waals surface area contributed by atoms with Gasteiger partial charge in [-0.15, -0.1) is 0 Å². The topological polar surface area (TPSA) is 61.4 Å². The summed E-state index contributed by atoms with van der Waals surface area (Å²) < 4.78 is 0. The summed E-state index contributed by atoms with van der Waals surface area (Å²) >= 11 is 0. The van der Waals surface area contributed by atoms with Crippen molar-refractivity contribution in [2.45, 2.75) is 20.1 Å². The van der Waals surface area contributed by atoms with Crippen LogP contribution in [0, 0.1) is 0 Å². The Morgan fingerprint density at radius 3 is 2.47 bits per heavy atom. The first kappa shape index (κ1) is 11.5. The van der Waals surface area contributed by atoms with Crippen LogP contribution in [-0.4, -0.2) is 23.8 Å². The van der Waals surface area contributed by atoms with Crippen molar-refractivity contribution in [3.05, 3.63) is 29.8 Å². The largest absolute Gasteiger partial charge is 0.374 e. The molecule has 0 aliphatic carbocycles. The number of nitrogens with one attached hydrogen (secondary N) is 2. The number of hydrogen-bond acceptors (Lipinski definition) is 3. The second kappa shape index (κ2) is 5.36. The number of benzene rings is 1. The van der Waals surface area contributed by atoms with E-state index >= 15 is 0 Å². The molecule has 4 nitrogen and oxygen atoms in total. The van der Waals surface area contributed by atoms with E-state index < -0.39 is 6.23 Å². The molecule has 3 N–H and O–H groups in total. The van der Waals surface area contributed by atoms with Crippen molar-refractivity contribution >= 4 is 11.6 Å². The van der Waals surface area contributed by atoms with Crippen LogP contribution < -0.4 is 10.6 Å². The second-order valence-corrected chi connectivity index (χ2v) is 3.26. The first-order valence-corrected chi connectivity index (χ1v) is 4.96. The van der Waals surface area contributed by atoms with E-state index in [-0.39, 0.29) is 5.91 Å². The molecule has 1 unspecified atom stereocenters. The zero-order chi connectivity index (χ0) is 11.3. The first-order valence-electron chi connectivity index (χ1n) is 4.96. The van der Waals surface area contributed by atoms with Gasteiger partial charge in [0.15, 0.2) is 0 Å². The second-order valence-electron chi connectivity index (χ2n) is 3.26. The van der Waals surface area contributed by atoms with E-state index in [0.717, 1.165) is 5.69 Å². The molecular formula is C11H16N2O2. The number of rotatable bonds is 4. The molecule has 0 saturated heterocycles. The Morgan fingerprint density at radius 2 is 2.00 bits per heavy atom. The van der Waals surface area contributed by atoms with Crippen LogP contribution in [0.25, 0.3) is 0 Å². The quantitative estimate of drug-likeness (QED) is 0.651. The van der Waals surface area contributed by atoms with E-state index in [4.69, 9.17) is 5.11 Å². The van der Waals surface area contributed by atoms with Crippen LogP contribution >= 0.6 is 0 Å². The fourth-order valence-corrected chi connectivity index (χ4v) is 1.22. The van der Waals surface area contributed by atoms with E-state index in [9.17, 15) is 4.79 Å². The molecule has 82 valence electrons. The molecule has 1 aromatic carbocycles. The van der Waals surface area contributed by atoms with Crippen molar-refractivity contribution in [1.29, 1.82) is 0 Å². The SMILES string of the molecule is CCNC(=O)c1ccc(NC(C)O)cc1. The van der Waals surface area contributed by atoms with Crippen molar-refractivity contribution in [3.8, 4) is 0 Å². The normalized spacial score (nSPS) is 11.9. The van der Waals surface area contributed by atoms with Crippen molar-refractivity contribution < 1.29 is 9.90 Å². The van der Waals surface area contributed by atoms with Gasteiger partial charge in [-0.25, -0.2) is 0 Å². The number of aliphatic hydroxyl groups is 1. The third-order valence-electron chi connectivity index (χ3n) is 1.86. The van der Waals surface area contributed by atoms with Crippen LogP contribution in [0.15, 0.2) is 24.3 Å². The van der Waals surface area contributed by atoms with Crippen LogP contribution in [0.5, 0.6) is 0 Å². The highest BCUT2D eigenvalue weighted by Gasteiger charge is 2.03. The summed E-state index contributed by atoms with van der Waals surface area (Å²) in [5.41, 5.74) is 1.41. The van der Waals surface area contributed by atoms with Gasteiger partial charge in [-0.1, -0.05) is 0 Å². The van der Waals surface area contributed by atoms with Crippen molar-refractivity contribution in [2.24, 2.45) is 0 Å². The van der Waals surface area contributed by atoms with Gasteiger partial charge in [-0.05, 0) is 38.1 Å². The maximum Gasteiger partial charge on any atom is 0.251 e. The minimum absolute atomic E-state index is 0.0823. The summed E-state index contributed by atoms with van der Waals surface area (Å²) in [5.74, 6) is -0.0823. The lowest BCUT2D eigenvalue weighted by atomic mass is 10.2. The minimum Gasteiger partial charge on any atom is -0.374 e. The van der Waals surface area contributed by atoms with Gasteiger partial charge in [0, 0.05) is 17.8 Å². The van der Waals surface area contributed by atoms with Gasteiger partial charge in [0.2, 0.25) is 0 Å². The maximum atomic E-state index is 11.4. The summed E-state index contributed by atoms with van der Waals surface area (Å²) in [6.07, 6.45) is -0.597. The van der Waals surface area contributed by atoms with E-state index in [2.05, 4.69) is 10.6 Å². The molecule has 1 atom stereocenters. The Kier molecular flexibility index (Phi) is 4.12. The van der Waals surface area contributed by atoms with Gasteiger partial charge in [0.1, 0.15) is 6.23 Å². The van der Waals surface area contributed by atoms with Gasteiger partial charge >= 0.3 is 0 Å². The zero-order valence-corrected chi connectivity index (χ0v) is 8.95. The Morgan fingerprint density at radius 1 is 1.40 bits per heavy atom. The Bertz CT molecular complexity index is 320. The lowest BCUT2D eigenvalue weighted by Crippen LogP contribution is -2.22. The smallest absolute Gasteiger partial charge is 0.251 e. The number of carbonyl (C=O) groups is 1. The number of aliphatic hydroxyl groups excluding tert-OH is 1. The van der Waals surface area contributed by atoms with Crippen molar-refractivity contribution in [3.63, 3.8) is 0 Å². The molecule has 1 rings (SSSR count). The first-order chi connectivity index (χ1) is 7.13. The van der Waals surface area contributed by atoms with Gasteiger partial charge in [0.05, 0.1) is 0 Å². The Balaban J connectivity index is 2.67. The van der Waals surface area contributed by atoms with Gasteiger partial charge in [0.25, 0.3) is 5.91 Å². The van der Waals surface area contributed by atoms with E-state index in [0.29, 0.717) is 12.1 Å². The molecule has 0 fully saturated rings. The minimum atomic E-state index is -0.597. The molecule has 0 heterocycles. The zero-order valence-electron chi connectivity index (χ0n) is 8.95. The summed E-state index contributed by atoms with van der Waals surface area (Å²) in [6.45, 7) is 4.13. The van der Waals surface area contributed by atoms with Gasteiger partial charge in [-0.3, -0.25) is 4.79 Å². The molecule has 15 heavy (non-hydrogen) atoms. The molecule has 0 aliphatic rings. The van der Waals surface area contributed by atoms with E-state index in [1.165, 1.54) is 0 Å². The third-order valence-corrected chi connectivity index (χ3v) is 1.86. The number of carbonyl (C=O) groups excluding carboxylic acids is 1. The maximum absolute atomic E-state index is 11.4.